The molecule has 0 saturated heterocycles. The number of fused-ring (bicyclic) bond motifs is 1. The Hall–Kier alpha value is -2.76. The molecule has 12 heteroatoms. The smallest absolute Gasteiger partial charge is 0.280 e. The Morgan fingerprint density at radius 2 is 1.48 bits per heavy atom. The van der Waals surface area contributed by atoms with Crippen molar-refractivity contribution in [3.63, 3.8) is 0 Å². The van der Waals surface area contributed by atoms with E-state index in [1.165, 1.54) is 24.4 Å². The third-order valence-corrected chi connectivity index (χ3v) is 4.93. The summed E-state index contributed by atoms with van der Waals surface area (Å²) in [6.07, 6.45) is -8.85. The number of H-pyrrole nitrogens is 1. The van der Waals surface area contributed by atoms with Gasteiger partial charge in [-0.25, -0.2) is 8.42 Å². The SMILES string of the molecule is O=S(=O)(Nc1ccc2cn[nH]c2c1)c1cc(C(F)(F)F)cc(C(F)(F)F)c1. The quantitative estimate of drug-likeness (QED) is 0.630. The van der Waals surface area contributed by atoms with Gasteiger partial charge < -0.3 is 0 Å². The average molecular weight is 409 g/mol. The van der Waals surface area contributed by atoms with Crippen LogP contribution in [0.1, 0.15) is 11.1 Å². The van der Waals surface area contributed by atoms with E-state index in [-0.39, 0.29) is 23.9 Å². The number of aromatic nitrogens is 2. The summed E-state index contributed by atoms with van der Waals surface area (Å²) < 4.78 is 104. The van der Waals surface area contributed by atoms with Crippen molar-refractivity contribution in [3.05, 3.63) is 53.7 Å². The fraction of sp³-hybridized carbons (Fsp3) is 0.133. The second-order valence-corrected chi connectivity index (χ2v) is 7.20. The van der Waals surface area contributed by atoms with Crippen LogP contribution in [0.25, 0.3) is 10.9 Å². The van der Waals surface area contributed by atoms with E-state index in [2.05, 4.69) is 10.2 Å². The molecule has 3 rings (SSSR count). The van der Waals surface area contributed by atoms with Gasteiger partial charge >= 0.3 is 12.4 Å². The first-order valence-corrected chi connectivity index (χ1v) is 8.60. The lowest BCUT2D eigenvalue weighted by Crippen LogP contribution is -2.17. The molecule has 2 aromatic carbocycles. The number of nitrogens with one attached hydrogen (secondary N) is 2. The zero-order valence-corrected chi connectivity index (χ0v) is 13.8. The van der Waals surface area contributed by atoms with Crippen molar-refractivity contribution in [2.24, 2.45) is 0 Å². The predicted octanol–water partition coefficient (Wildman–Crippen LogP) is 4.40. The summed E-state index contributed by atoms with van der Waals surface area (Å²) in [7, 11) is -4.71. The predicted molar refractivity (Wildman–Crippen MR) is 83.3 cm³/mol. The van der Waals surface area contributed by atoms with E-state index in [0.29, 0.717) is 10.9 Å². The molecule has 1 heterocycles. The van der Waals surface area contributed by atoms with Crippen LogP contribution in [0.4, 0.5) is 32.0 Å². The molecule has 1 aromatic heterocycles. The third kappa shape index (κ3) is 3.99. The zero-order chi connectivity index (χ0) is 20.0. The Morgan fingerprint density at radius 3 is 2.04 bits per heavy atom. The van der Waals surface area contributed by atoms with E-state index in [0.717, 1.165) is 0 Å². The minimum Gasteiger partial charge on any atom is -0.280 e. The highest BCUT2D eigenvalue weighted by molar-refractivity contribution is 7.92. The van der Waals surface area contributed by atoms with Gasteiger partial charge in [0.15, 0.2) is 0 Å². The number of anilines is 1. The van der Waals surface area contributed by atoms with E-state index < -0.39 is 38.4 Å². The fourth-order valence-corrected chi connectivity index (χ4v) is 3.42. The van der Waals surface area contributed by atoms with Gasteiger partial charge in [-0.3, -0.25) is 9.82 Å². The first-order valence-electron chi connectivity index (χ1n) is 7.12. The lowest BCUT2D eigenvalue weighted by atomic mass is 10.1. The molecule has 0 radical (unpaired) electrons. The summed E-state index contributed by atoms with van der Waals surface area (Å²) >= 11 is 0. The van der Waals surface area contributed by atoms with E-state index >= 15 is 0 Å². The van der Waals surface area contributed by atoms with Crippen molar-refractivity contribution in [2.75, 3.05) is 4.72 Å². The molecule has 0 bridgehead atoms. The normalized spacial score (nSPS) is 13.1. The number of hydrogen-bond donors (Lipinski definition) is 2. The molecule has 0 aliphatic rings. The minimum atomic E-state index is -5.15. The number of sulfonamides is 1. The average Bonchev–Trinajstić information content (AvgIpc) is 3.00. The summed E-state index contributed by atoms with van der Waals surface area (Å²) in [5, 5.41) is 6.92. The van der Waals surface area contributed by atoms with Gasteiger partial charge in [-0.15, -0.1) is 0 Å². The van der Waals surface area contributed by atoms with Crippen LogP contribution >= 0.6 is 0 Å². The van der Waals surface area contributed by atoms with Crippen molar-refractivity contribution in [3.8, 4) is 0 Å². The topological polar surface area (TPSA) is 74.8 Å². The number of hydrogen-bond acceptors (Lipinski definition) is 3. The van der Waals surface area contributed by atoms with Crippen molar-refractivity contribution in [1.29, 1.82) is 0 Å². The van der Waals surface area contributed by atoms with Gasteiger partial charge in [0.2, 0.25) is 0 Å². The summed E-state index contributed by atoms with van der Waals surface area (Å²) in [6, 6.07) is 4.23. The van der Waals surface area contributed by atoms with Crippen LogP contribution in [0.2, 0.25) is 0 Å². The van der Waals surface area contributed by atoms with Crippen LogP contribution in [0.15, 0.2) is 47.5 Å². The first-order chi connectivity index (χ1) is 12.4. The molecule has 0 aliphatic carbocycles. The van der Waals surface area contributed by atoms with Crippen molar-refractivity contribution in [2.45, 2.75) is 17.2 Å². The summed E-state index contributed by atoms with van der Waals surface area (Å²) in [5.41, 5.74) is -3.07. The molecule has 144 valence electrons. The van der Waals surface area contributed by atoms with Crippen LogP contribution in [-0.4, -0.2) is 18.6 Å². The maximum absolute atomic E-state index is 12.9. The largest absolute Gasteiger partial charge is 0.416 e. The molecule has 0 amide bonds. The molecule has 5 nitrogen and oxygen atoms in total. The monoisotopic (exact) mass is 409 g/mol. The van der Waals surface area contributed by atoms with Crippen molar-refractivity contribution >= 4 is 26.6 Å². The summed E-state index contributed by atoms with van der Waals surface area (Å²) in [6.45, 7) is 0. The molecule has 0 aliphatic heterocycles. The molecule has 27 heavy (non-hydrogen) atoms. The molecular weight excluding hydrogens is 400 g/mol. The van der Waals surface area contributed by atoms with Crippen LogP contribution in [0, 0.1) is 0 Å². The van der Waals surface area contributed by atoms with E-state index in [1.807, 2.05) is 4.72 Å². The van der Waals surface area contributed by atoms with Gasteiger partial charge in [0.25, 0.3) is 10.0 Å². The highest BCUT2D eigenvalue weighted by Crippen LogP contribution is 2.37. The highest BCUT2D eigenvalue weighted by Gasteiger charge is 2.38. The highest BCUT2D eigenvalue weighted by atomic mass is 32.2. The zero-order valence-electron chi connectivity index (χ0n) is 13.0. The van der Waals surface area contributed by atoms with Gasteiger partial charge in [0.1, 0.15) is 0 Å². The van der Waals surface area contributed by atoms with E-state index in [4.69, 9.17) is 0 Å². The van der Waals surface area contributed by atoms with Crippen LogP contribution in [0.5, 0.6) is 0 Å². The van der Waals surface area contributed by atoms with Crippen LogP contribution < -0.4 is 4.72 Å². The van der Waals surface area contributed by atoms with Gasteiger partial charge in [-0.05, 0) is 36.4 Å². The molecule has 0 spiro atoms. The van der Waals surface area contributed by atoms with Crippen molar-refractivity contribution < 1.29 is 34.8 Å². The summed E-state index contributed by atoms with van der Waals surface area (Å²) in [5.74, 6) is 0. The van der Waals surface area contributed by atoms with Gasteiger partial charge in [0.05, 0.1) is 33.4 Å². The van der Waals surface area contributed by atoms with E-state index in [1.54, 1.807) is 0 Å². The second kappa shape index (κ2) is 6.15. The molecule has 0 unspecified atom stereocenters. The number of rotatable bonds is 3. The Morgan fingerprint density at radius 1 is 0.889 bits per heavy atom. The molecule has 0 atom stereocenters. The van der Waals surface area contributed by atoms with Gasteiger partial charge in [-0.1, -0.05) is 0 Å². The minimum absolute atomic E-state index is 0.0577. The van der Waals surface area contributed by atoms with Crippen molar-refractivity contribution in [1.82, 2.24) is 10.2 Å². The third-order valence-electron chi connectivity index (χ3n) is 3.57. The van der Waals surface area contributed by atoms with Gasteiger partial charge in [0, 0.05) is 5.39 Å². The Balaban J connectivity index is 2.06. The number of benzene rings is 2. The lowest BCUT2D eigenvalue weighted by molar-refractivity contribution is -0.143. The Bertz CT molecular complexity index is 1070. The molecular formula is C15H9F6N3O2S. The number of halogens is 6. The first kappa shape index (κ1) is 19.0. The number of alkyl halides is 6. The maximum atomic E-state index is 12.9. The molecule has 0 saturated carbocycles. The van der Waals surface area contributed by atoms with Crippen LogP contribution in [-0.2, 0) is 22.4 Å². The second-order valence-electron chi connectivity index (χ2n) is 5.52. The number of nitrogens with zero attached hydrogens (tertiary/aromatic N) is 1. The lowest BCUT2D eigenvalue weighted by Gasteiger charge is -2.15. The van der Waals surface area contributed by atoms with Gasteiger partial charge in [-0.2, -0.15) is 31.4 Å². The van der Waals surface area contributed by atoms with E-state index in [9.17, 15) is 34.8 Å². The standard InChI is InChI=1S/C15H9F6N3O2S/c16-14(17,18)9-3-10(15(19,20)21)5-12(4-9)27(25,26)24-11-2-1-8-7-22-23-13(8)6-11/h1-7,24H,(H,22,23). The fourth-order valence-electron chi connectivity index (χ4n) is 2.30. The Kier molecular flexibility index (Phi) is 4.33. The number of aromatic amines is 1. The maximum Gasteiger partial charge on any atom is 0.416 e. The molecule has 0 fully saturated rings. The molecule has 3 aromatic rings. The summed E-state index contributed by atoms with van der Waals surface area (Å²) in [4.78, 5) is -1.16. The van der Waals surface area contributed by atoms with Crippen LogP contribution in [0.3, 0.4) is 0 Å². The molecule has 2 N–H and O–H groups in total. The Labute approximate surface area is 148 Å².